The van der Waals surface area contributed by atoms with Crippen molar-refractivity contribution in [1.29, 1.82) is 0 Å². The lowest BCUT2D eigenvalue weighted by molar-refractivity contribution is -0.122. The highest BCUT2D eigenvalue weighted by atomic mass is 35.5. The van der Waals surface area contributed by atoms with Crippen molar-refractivity contribution < 1.29 is 9.53 Å². The number of nitrogens with one attached hydrogen (secondary N) is 1. The third-order valence-electron chi connectivity index (χ3n) is 4.75. The third kappa shape index (κ3) is 4.36. The maximum absolute atomic E-state index is 12.4. The molecule has 2 heterocycles. The second kappa shape index (κ2) is 7.92. The van der Waals surface area contributed by atoms with Gasteiger partial charge >= 0.3 is 6.01 Å². The van der Waals surface area contributed by atoms with E-state index in [2.05, 4.69) is 20.3 Å². The molecule has 3 aromatic rings. The van der Waals surface area contributed by atoms with Crippen LogP contribution in [0.25, 0.3) is 11.0 Å². The molecule has 0 bridgehead atoms. The van der Waals surface area contributed by atoms with E-state index in [0.717, 1.165) is 36.7 Å². The second-order valence-electron chi connectivity index (χ2n) is 6.70. The van der Waals surface area contributed by atoms with Crippen LogP contribution in [0.1, 0.15) is 25.7 Å². The Morgan fingerprint density at radius 1 is 1.15 bits per heavy atom. The minimum atomic E-state index is 0.00329. The zero-order valence-electron chi connectivity index (χ0n) is 14.7. The number of para-hydroxylation sites is 2. The maximum atomic E-state index is 12.4. The number of amides is 1. The van der Waals surface area contributed by atoms with Gasteiger partial charge < -0.3 is 14.6 Å². The molecular formula is C19H20ClN5O2. The molecule has 0 atom stereocenters. The molecule has 8 heteroatoms. The first-order valence-electron chi connectivity index (χ1n) is 9.01. The summed E-state index contributed by atoms with van der Waals surface area (Å²) in [6.45, 7) is 0.273. The minimum Gasteiger partial charge on any atom is -0.460 e. The Hall–Kier alpha value is -2.67. The molecule has 2 aromatic heterocycles. The molecule has 1 aliphatic carbocycles. The second-order valence-corrected chi connectivity index (χ2v) is 7.14. The molecule has 7 nitrogen and oxygen atoms in total. The molecule has 0 saturated heterocycles. The van der Waals surface area contributed by atoms with Gasteiger partial charge in [0.2, 0.25) is 5.91 Å². The summed E-state index contributed by atoms with van der Waals surface area (Å²) in [4.78, 5) is 24.8. The molecule has 4 rings (SSSR count). The van der Waals surface area contributed by atoms with Crippen LogP contribution in [0.5, 0.6) is 6.01 Å². The summed E-state index contributed by atoms with van der Waals surface area (Å²) in [5.41, 5.74) is 1.86. The summed E-state index contributed by atoms with van der Waals surface area (Å²) in [7, 11) is 0. The van der Waals surface area contributed by atoms with Gasteiger partial charge in [-0.15, -0.1) is 0 Å². The molecule has 1 aliphatic rings. The lowest BCUT2D eigenvalue weighted by Crippen LogP contribution is -2.41. The van der Waals surface area contributed by atoms with Crippen LogP contribution in [0.15, 0.2) is 43.0 Å². The Morgan fingerprint density at radius 3 is 2.67 bits per heavy atom. The van der Waals surface area contributed by atoms with E-state index >= 15 is 0 Å². The number of hydrogen-bond acceptors (Lipinski definition) is 5. The number of halogens is 1. The topological polar surface area (TPSA) is 81.9 Å². The van der Waals surface area contributed by atoms with Gasteiger partial charge in [0.1, 0.15) is 12.6 Å². The SMILES string of the molecule is O=C(Cn1cnc2ccccc21)NC1CCC(Oc2ncc(Cl)cn2)CC1. The van der Waals surface area contributed by atoms with Crippen LogP contribution in [-0.4, -0.2) is 37.6 Å². The summed E-state index contributed by atoms with van der Waals surface area (Å²) >= 11 is 5.78. The Labute approximate surface area is 161 Å². The highest BCUT2D eigenvalue weighted by Gasteiger charge is 2.24. The van der Waals surface area contributed by atoms with E-state index in [1.165, 1.54) is 12.4 Å². The molecule has 140 valence electrons. The van der Waals surface area contributed by atoms with E-state index in [9.17, 15) is 4.79 Å². The molecular weight excluding hydrogens is 366 g/mol. The molecule has 1 N–H and O–H groups in total. The highest BCUT2D eigenvalue weighted by molar-refractivity contribution is 6.30. The van der Waals surface area contributed by atoms with E-state index in [0.29, 0.717) is 11.0 Å². The maximum Gasteiger partial charge on any atom is 0.316 e. The molecule has 1 fully saturated rings. The van der Waals surface area contributed by atoms with E-state index < -0.39 is 0 Å². The fraction of sp³-hybridized carbons (Fsp3) is 0.368. The van der Waals surface area contributed by atoms with E-state index in [1.54, 1.807) is 6.33 Å². The van der Waals surface area contributed by atoms with Gasteiger partial charge in [-0.3, -0.25) is 4.79 Å². The average Bonchev–Trinajstić information content (AvgIpc) is 3.08. The first kappa shape index (κ1) is 17.7. The lowest BCUT2D eigenvalue weighted by Gasteiger charge is -2.28. The van der Waals surface area contributed by atoms with E-state index in [4.69, 9.17) is 16.3 Å². The van der Waals surface area contributed by atoms with Crippen molar-refractivity contribution in [2.45, 2.75) is 44.4 Å². The van der Waals surface area contributed by atoms with Crippen LogP contribution in [-0.2, 0) is 11.3 Å². The zero-order chi connectivity index (χ0) is 18.6. The Bertz CT molecular complexity index is 919. The number of carbonyl (C=O) groups is 1. The molecule has 0 radical (unpaired) electrons. The number of fused-ring (bicyclic) bond motifs is 1. The molecule has 27 heavy (non-hydrogen) atoms. The van der Waals surface area contributed by atoms with Gasteiger partial charge in [0.05, 0.1) is 34.8 Å². The first-order valence-corrected chi connectivity index (χ1v) is 9.38. The molecule has 1 saturated carbocycles. The van der Waals surface area contributed by atoms with Crippen molar-refractivity contribution >= 4 is 28.5 Å². The molecule has 1 aromatic carbocycles. The number of carbonyl (C=O) groups excluding carboxylic acids is 1. The quantitative estimate of drug-likeness (QED) is 0.730. The van der Waals surface area contributed by atoms with Crippen molar-refractivity contribution in [3.63, 3.8) is 0 Å². The summed E-state index contributed by atoms with van der Waals surface area (Å²) in [5, 5.41) is 3.61. The summed E-state index contributed by atoms with van der Waals surface area (Å²) in [6.07, 6.45) is 8.27. The van der Waals surface area contributed by atoms with Gasteiger partial charge in [-0.1, -0.05) is 23.7 Å². The smallest absolute Gasteiger partial charge is 0.316 e. The van der Waals surface area contributed by atoms with Gasteiger partial charge in [-0.25, -0.2) is 15.0 Å². The predicted molar refractivity (Wildman–Crippen MR) is 102 cm³/mol. The standard InChI is InChI=1S/C19H20ClN5O2/c20-13-9-21-19(22-10-13)27-15-7-5-14(6-8-15)24-18(26)11-25-12-23-16-3-1-2-4-17(16)25/h1-4,9-10,12,14-15H,5-8,11H2,(H,24,26). The van der Waals surface area contributed by atoms with Gasteiger partial charge in [0.25, 0.3) is 0 Å². The van der Waals surface area contributed by atoms with Crippen LogP contribution in [0, 0.1) is 0 Å². The lowest BCUT2D eigenvalue weighted by atomic mass is 9.93. The number of aromatic nitrogens is 4. The normalized spacial score (nSPS) is 19.7. The predicted octanol–water partition coefficient (Wildman–Crippen LogP) is 2.99. The van der Waals surface area contributed by atoms with Gasteiger partial charge in [-0.05, 0) is 37.8 Å². The first-order chi connectivity index (χ1) is 13.2. The number of imidazole rings is 1. The zero-order valence-corrected chi connectivity index (χ0v) is 15.5. The van der Waals surface area contributed by atoms with Crippen molar-refractivity contribution in [2.24, 2.45) is 0 Å². The van der Waals surface area contributed by atoms with Crippen molar-refractivity contribution in [3.05, 3.63) is 48.0 Å². The Balaban J connectivity index is 1.26. The van der Waals surface area contributed by atoms with Crippen molar-refractivity contribution in [1.82, 2.24) is 24.8 Å². The van der Waals surface area contributed by atoms with Crippen LogP contribution < -0.4 is 10.1 Å². The van der Waals surface area contributed by atoms with E-state index in [1.807, 2.05) is 28.8 Å². The molecule has 0 aliphatic heterocycles. The third-order valence-corrected chi connectivity index (χ3v) is 4.94. The van der Waals surface area contributed by atoms with Crippen LogP contribution in [0.2, 0.25) is 5.02 Å². The number of rotatable bonds is 5. The van der Waals surface area contributed by atoms with Crippen LogP contribution in [0.3, 0.4) is 0 Å². The fourth-order valence-electron chi connectivity index (χ4n) is 3.40. The summed E-state index contributed by atoms with van der Waals surface area (Å²) in [5.74, 6) is 0.00329. The minimum absolute atomic E-state index is 0.00329. The Kier molecular flexibility index (Phi) is 5.20. The number of ether oxygens (including phenoxy) is 1. The van der Waals surface area contributed by atoms with Gasteiger partial charge in [0.15, 0.2) is 0 Å². The highest BCUT2D eigenvalue weighted by Crippen LogP contribution is 2.22. The van der Waals surface area contributed by atoms with Gasteiger partial charge in [0, 0.05) is 6.04 Å². The summed E-state index contributed by atoms with van der Waals surface area (Å²) in [6, 6.07) is 8.31. The average molecular weight is 386 g/mol. The number of nitrogens with zero attached hydrogens (tertiary/aromatic N) is 4. The van der Waals surface area contributed by atoms with E-state index in [-0.39, 0.29) is 24.6 Å². The van der Waals surface area contributed by atoms with Crippen molar-refractivity contribution in [3.8, 4) is 6.01 Å². The fourth-order valence-corrected chi connectivity index (χ4v) is 3.50. The molecule has 0 unspecified atom stereocenters. The molecule has 0 spiro atoms. The van der Waals surface area contributed by atoms with Crippen LogP contribution in [0.4, 0.5) is 0 Å². The largest absolute Gasteiger partial charge is 0.460 e. The molecule has 1 amide bonds. The number of benzene rings is 1. The Morgan fingerprint density at radius 2 is 1.89 bits per heavy atom. The monoisotopic (exact) mass is 385 g/mol. The summed E-state index contributed by atoms with van der Waals surface area (Å²) < 4.78 is 7.66. The van der Waals surface area contributed by atoms with Crippen LogP contribution >= 0.6 is 11.6 Å². The van der Waals surface area contributed by atoms with Crippen molar-refractivity contribution in [2.75, 3.05) is 0 Å². The van der Waals surface area contributed by atoms with Gasteiger partial charge in [-0.2, -0.15) is 0 Å². The number of hydrogen-bond donors (Lipinski definition) is 1.